The van der Waals surface area contributed by atoms with Gasteiger partial charge in [-0.25, -0.2) is 8.42 Å². The van der Waals surface area contributed by atoms with Crippen molar-refractivity contribution in [3.63, 3.8) is 0 Å². The number of benzene rings is 1. The fraction of sp³-hybridized carbons (Fsp3) is 0.385. The van der Waals surface area contributed by atoms with Crippen molar-refractivity contribution in [3.05, 3.63) is 24.3 Å². The number of nitrogens with one attached hydrogen (secondary N) is 1. The summed E-state index contributed by atoms with van der Waals surface area (Å²) in [7, 11) is -4.55. The highest BCUT2D eigenvalue weighted by molar-refractivity contribution is 7.92. The Morgan fingerprint density at radius 1 is 1.29 bits per heavy atom. The average molecular weight is 394 g/mol. The number of hydrogen-bond acceptors (Lipinski definition) is 6. The highest BCUT2D eigenvalue weighted by atomic mass is 32.2. The van der Waals surface area contributed by atoms with Crippen LogP contribution in [0.3, 0.4) is 0 Å². The van der Waals surface area contributed by atoms with Crippen molar-refractivity contribution in [1.82, 2.24) is 9.62 Å². The van der Waals surface area contributed by atoms with Crippen molar-refractivity contribution in [2.45, 2.75) is 4.21 Å². The molecule has 24 heavy (non-hydrogen) atoms. The zero-order valence-corrected chi connectivity index (χ0v) is 15.7. The van der Waals surface area contributed by atoms with Gasteiger partial charge in [0.15, 0.2) is 0 Å². The highest BCUT2D eigenvalue weighted by Gasteiger charge is 2.22. The minimum absolute atomic E-state index is 0.00334. The van der Waals surface area contributed by atoms with Gasteiger partial charge in [-0.2, -0.15) is 4.72 Å². The lowest BCUT2D eigenvalue weighted by Crippen LogP contribution is -2.23. The van der Waals surface area contributed by atoms with Gasteiger partial charge >= 0.3 is 7.60 Å². The summed E-state index contributed by atoms with van der Waals surface area (Å²) in [6.07, 6.45) is -0.928. The highest BCUT2D eigenvalue weighted by Crippen LogP contribution is 2.35. The van der Waals surface area contributed by atoms with Crippen LogP contribution < -0.4 is 9.46 Å². The van der Waals surface area contributed by atoms with Gasteiger partial charge in [0.25, 0.3) is 10.0 Å². The maximum absolute atomic E-state index is 12.1. The first-order valence-corrected chi connectivity index (χ1v) is 11.0. The van der Waals surface area contributed by atoms with Crippen molar-refractivity contribution in [2.75, 3.05) is 33.5 Å². The lowest BCUT2D eigenvalue weighted by Gasteiger charge is -2.10. The first-order valence-electron chi connectivity index (χ1n) is 6.92. The van der Waals surface area contributed by atoms with E-state index in [2.05, 4.69) is 0 Å². The SMILES string of the molecule is CN(C)CCOc1ccc2sc(S(=O)(=O)NCP(=O)(O)O)cc2c1. The summed E-state index contributed by atoms with van der Waals surface area (Å²) >= 11 is 1.03. The molecule has 0 bridgehead atoms. The molecule has 0 aliphatic rings. The molecule has 0 saturated carbocycles. The lowest BCUT2D eigenvalue weighted by molar-refractivity contribution is 0.261. The van der Waals surface area contributed by atoms with E-state index in [1.165, 1.54) is 6.07 Å². The third-order valence-electron chi connectivity index (χ3n) is 3.00. The molecule has 11 heteroatoms. The van der Waals surface area contributed by atoms with Crippen LogP contribution >= 0.6 is 18.9 Å². The first kappa shape index (κ1) is 19.3. The summed E-state index contributed by atoms with van der Waals surface area (Å²) in [4.78, 5) is 19.6. The van der Waals surface area contributed by atoms with Gasteiger partial charge in [0.2, 0.25) is 0 Å². The first-order chi connectivity index (χ1) is 11.1. The van der Waals surface area contributed by atoms with Crippen molar-refractivity contribution in [2.24, 2.45) is 0 Å². The predicted molar refractivity (Wildman–Crippen MR) is 93.1 cm³/mol. The molecule has 0 aliphatic heterocycles. The molecule has 2 rings (SSSR count). The third kappa shape index (κ3) is 5.52. The summed E-state index contributed by atoms with van der Waals surface area (Å²) in [6, 6.07) is 6.71. The van der Waals surface area contributed by atoms with Gasteiger partial charge in [-0.3, -0.25) is 4.57 Å². The summed E-state index contributed by atoms with van der Waals surface area (Å²) in [5, 5.41) is 0.693. The van der Waals surface area contributed by atoms with Crippen LogP contribution in [0.1, 0.15) is 0 Å². The lowest BCUT2D eigenvalue weighted by atomic mass is 10.2. The van der Waals surface area contributed by atoms with Gasteiger partial charge < -0.3 is 19.4 Å². The maximum atomic E-state index is 12.1. The van der Waals surface area contributed by atoms with Crippen LogP contribution in [0.2, 0.25) is 0 Å². The molecule has 0 amide bonds. The number of hydrogen-bond donors (Lipinski definition) is 3. The molecule has 134 valence electrons. The second kappa shape index (κ2) is 7.49. The summed E-state index contributed by atoms with van der Waals surface area (Å²) in [5.41, 5.74) is 0. The summed E-state index contributed by atoms with van der Waals surface area (Å²) in [5.74, 6) is 0.634. The molecule has 1 aromatic heterocycles. The Labute approximate surface area is 144 Å². The monoisotopic (exact) mass is 394 g/mol. The smallest absolute Gasteiger partial charge is 0.340 e. The molecule has 2 aromatic rings. The van der Waals surface area contributed by atoms with Gasteiger partial charge in [0.05, 0.1) is 0 Å². The normalized spacial score (nSPS) is 12.9. The van der Waals surface area contributed by atoms with E-state index >= 15 is 0 Å². The quantitative estimate of drug-likeness (QED) is 0.577. The van der Waals surface area contributed by atoms with Crippen LogP contribution in [0, 0.1) is 0 Å². The minimum Gasteiger partial charge on any atom is -0.492 e. The molecule has 1 aromatic carbocycles. The average Bonchev–Trinajstić information content (AvgIpc) is 2.88. The summed E-state index contributed by atoms with van der Waals surface area (Å²) < 4.78 is 43.3. The van der Waals surface area contributed by atoms with Crippen molar-refractivity contribution >= 4 is 39.0 Å². The number of rotatable bonds is 8. The van der Waals surface area contributed by atoms with E-state index in [0.717, 1.165) is 22.6 Å². The number of ether oxygens (including phenoxy) is 1. The van der Waals surface area contributed by atoms with Crippen LogP contribution in [0.25, 0.3) is 10.1 Å². The molecule has 0 spiro atoms. The maximum Gasteiger partial charge on any atom is 0.340 e. The second-order valence-electron chi connectivity index (χ2n) is 5.39. The molecule has 0 unspecified atom stereocenters. The number of likely N-dealkylation sites (N-methyl/N-ethyl adjacent to an activating group) is 1. The van der Waals surface area contributed by atoms with Gasteiger partial charge in [0, 0.05) is 11.2 Å². The fourth-order valence-electron chi connectivity index (χ4n) is 1.81. The molecule has 8 nitrogen and oxygen atoms in total. The van der Waals surface area contributed by atoms with Gasteiger partial charge in [-0.15, -0.1) is 11.3 Å². The molecule has 0 atom stereocenters. The Kier molecular flexibility index (Phi) is 6.03. The van der Waals surface area contributed by atoms with Crippen molar-refractivity contribution in [3.8, 4) is 5.75 Å². The Morgan fingerprint density at radius 2 is 2.00 bits per heavy atom. The van der Waals surface area contributed by atoms with E-state index in [4.69, 9.17) is 14.5 Å². The van der Waals surface area contributed by atoms with E-state index in [1.54, 1.807) is 18.2 Å². The molecular formula is C13H19N2O6PS2. The van der Waals surface area contributed by atoms with Crippen molar-refractivity contribution in [1.29, 1.82) is 0 Å². The zero-order valence-electron chi connectivity index (χ0n) is 13.2. The molecule has 3 N–H and O–H groups in total. The van der Waals surface area contributed by atoms with Gasteiger partial charge in [-0.05, 0) is 43.7 Å². The van der Waals surface area contributed by atoms with Crippen LogP contribution in [0.5, 0.6) is 5.75 Å². The number of nitrogens with zero attached hydrogens (tertiary/aromatic N) is 1. The molecule has 0 fully saturated rings. The van der Waals surface area contributed by atoms with Crippen LogP contribution in [0.4, 0.5) is 0 Å². The van der Waals surface area contributed by atoms with E-state index in [9.17, 15) is 13.0 Å². The van der Waals surface area contributed by atoms with Crippen LogP contribution in [-0.2, 0) is 14.6 Å². The minimum atomic E-state index is -4.46. The standard InChI is InChI=1S/C13H19N2O6PS2/c1-15(2)5-6-21-11-3-4-12-10(7-11)8-13(23-12)24(19,20)14-9-22(16,17)18/h3-4,7-8,14H,5-6,9H2,1-2H3,(H2,16,17,18). The van der Waals surface area contributed by atoms with Gasteiger partial charge in [0.1, 0.15) is 22.9 Å². The van der Waals surface area contributed by atoms with Crippen LogP contribution in [0.15, 0.2) is 28.5 Å². The number of thiophene rings is 1. The second-order valence-corrected chi connectivity index (χ2v) is 10.1. The molecule has 0 saturated heterocycles. The zero-order chi connectivity index (χ0) is 18.0. The van der Waals surface area contributed by atoms with Crippen molar-refractivity contribution < 1.29 is 27.5 Å². The fourth-order valence-corrected chi connectivity index (χ4v) is 5.24. The third-order valence-corrected chi connectivity index (χ3v) is 6.77. The Morgan fingerprint density at radius 3 is 2.62 bits per heavy atom. The predicted octanol–water partition coefficient (Wildman–Crippen LogP) is 1.26. The van der Waals surface area contributed by atoms with Crippen LogP contribution in [-0.4, -0.2) is 56.6 Å². The number of sulfonamides is 1. The van der Waals surface area contributed by atoms with E-state index in [-0.39, 0.29) is 4.21 Å². The Hall–Kier alpha value is -1.00. The largest absolute Gasteiger partial charge is 0.492 e. The number of fused-ring (bicyclic) bond motifs is 1. The van der Waals surface area contributed by atoms with E-state index in [0.29, 0.717) is 17.7 Å². The summed E-state index contributed by atoms with van der Waals surface area (Å²) in [6.45, 7) is 1.27. The Balaban J connectivity index is 2.17. The molecule has 0 radical (unpaired) electrons. The molecule has 1 heterocycles. The molecule has 0 aliphatic carbocycles. The van der Waals surface area contributed by atoms with Gasteiger partial charge in [-0.1, -0.05) is 0 Å². The van der Waals surface area contributed by atoms with E-state index in [1.807, 2.05) is 23.7 Å². The van der Waals surface area contributed by atoms with E-state index < -0.39 is 23.9 Å². The topological polar surface area (TPSA) is 116 Å². The Bertz CT molecular complexity index is 858. The molecular weight excluding hydrogens is 375 g/mol.